The molecule has 23 heavy (non-hydrogen) atoms. The van der Waals surface area contributed by atoms with E-state index in [4.69, 9.17) is 23.1 Å². The summed E-state index contributed by atoms with van der Waals surface area (Å²) >= 11 is 6.21. The molecule has 5 N–H and O–H groups in total. The van der Waals surface area contributed by atoms with Gasteiger partial charge >= 0.3 is 6.09 Å². The number of benzene rings is 2. The zero-order chi connectivity index (χ0) is 17.0. The molecule has 120 valence electrons. The van der Waals surface area contributed by atoms with E-state index in [2.05, 4.69) is 10.1 Å². The molecule has 2 amide bonds. The molecule has 0 spiro atoms. The van der Waals surface area contributed by atoms with Crippen molar-refractivity contribution in [3.63, 3.8) is 0 Å². The number of carbonyl (C=O) groups is 2. The second kappa shape index (κ2) is 7.02. The van der Waals surface area contributed by atoms with Crippen LogP contribution in [0.4, 0.5) is 16.2 Å². The van der Waals surface area contributed by atoms with E-state index in [-0.39, 0.29) is 0 Å². The average Bonchev–Trinajstić information content (AvgIpc) is 2.49. The van der Waals surface area contributed by atoms with Crippen LogP contribution in [0.2, 0.25) is 5.02 Å². The summed E-state index contributed by atoms with van der Waals surface area (Å²) in [5.74, 6) is -0.546. The minimum absolute atomic E-state index is 0.363. The fourth-order valence-corrected chi connectivity index (χ4v) is 2.30. The normalized spacial score (nSPS) is 11.6. The van der Waals surface area contributed by atoms with Crippen molar-refractivity contribution in [1.82, 2.24) is 0 Å². The Balaban J connectivity index is 2.38. The fraction of sp³-hybridized carbons (Fsp3) is 0.125. The van der Waals surface area contributed by atoms with Gasteiger partial charge < -0.3 is 21.5 Å². The molecule has 0 saturated carbocycles. The molecule has 2 aromatic carbocycles. The summed E-state index contributed by atoms with van der Waals surface area (Å²) in [5, 5.41) is 3.18. The average molecular weight is 334 g/mol. The first-order chi connectivity index (χ1) is 10.9. The fourth-order valence-electron chi connectivity index (χ4n) is 2.07. The summed E-state index contributed by atoms with van der Waals surface area (Å²) in [7, 11) is 0. The third-order valence-corrected chi connectivity index (χ3v) is 3.50. The van der Waals surface area contributed by atoms with Crippen LogP contribution in [-0.2, 0) is 9.53 Å². The Kier molecular flexibility index (Phi) is 5.08. The van der Waals surface area contributed by atoms with E-state index >= 15 is 0 Å². The maximum atomic E-state index is 12.1. The highest BCUT2D eigenvalue weighted by atomic mass is 35.5. The molecule has 2 rings (SSSR count). The Bertz CT molecular complexity index is 749. The van der Waals surface area contributed by atoms with Crippen molar-refractivity contribution in [2.45, 2.75) is 13.0 Å². The predicted molar refractivity (Wildman–Crippen MR) is 90.1 cm³/mol. The number of nitrogens with two attached hydrogens (primary N) is 2. The van der Waals surface area contributed by atoms with Crippen LogP contribution < -0.4 is 16.8 Å². The molecule has 0 aliphatic carbocycles. The van der Waals surface area contributed by atoms with Gasteiger partial charge in [0, 0.05) is 16.1 Å². The van der Waals surface area contributed by atoms with Gasteiger partial charge in [-0.25, -0.2) is 4.79 Å². The maximum absolute atomic E-state index is 12.1. The molecule has 1 atom stereocenters. The zero-order valence-electron chi connectivity index (χ0n) is 12.4. The van der Waals surface area contributed by atoms with E-state index in [0.717, 1.165) is 5.56 Å². The molecule has 0 saturated heterocycles. The number of amides is 2. The van der Waals surface area contributed by atoms with E-state index < -0.39 is 18.1 Å². The molecule has 0 unspecified atom stereocenters. The molecular formula is C16H16ClN3O3. The first-order valence-corrected chi connectivity index (χ1v) is 7.18. The van der Waals surface area contributed by atoms with Crippen LogP contribution in [0.1, 0.15) is 6.92 Å². The van der Waals surface area contributed by atoms with Crippen molar-refractivity contribution in [2.24, 2.45) is 5.73 Å². The number of ether oxygens (including phenoxy) is 1. The largest absolute Gasteiger partial charge is 0.437 e. The zero-order valence-corrected chi connectivity index (χ0v) is 13.1. The minimum Gasteiger partial charge on any atom is -0.437 e. The van der Waals surface area contributed by atoms with Crippen molar-refractivity contribution in [2.75, 3.05) is 11.1 Å². The number of primary amides is 1. The summed E-state index contributed by atoms with van der Waals surface area (Å²) in [6.45, 7) is 1.41. The lowest BCUT2D eigenvalue weighted by Gasteiger charge is -2.17. The van der Waals surface area contributed by atoms with Crippen molar-refractivity contribution in [1.29, 1.82) is 0 Å². The summed E-state index contributed by atoms with van der Waals surface area (Å²) in [4.78, 5) is 22.9. The van der Waals surface area contributed by atoms with Gasteiger partial charge in [0.05, 0.1) is 11.4 Å². The lowest BCUT2D eigenvalue weighted by atomic mass is 10.0. The molecule has 0 heterocycles. The van der Waals surface area contributed by atoms with E-state index in [1.807, 2.05) is 12.1 Å². The molecule has 6 nitrogen and oxygen atoms in total. The number of carbonyl (C=O) groups excluding carboxylic acids is 2. The Morgan fingerprint density at radius 2 is 1.78 bits per heavy atom. The number of para-hydroxylation sites is 1. The SMILES string of the molecule is C[C@H](OC(N)=O)C(=O)Nc1c(N)cccc1-c1ccccc1Cl. The van der Waals surface area contributed by atoms with Gasteiger partial charge in [0.2, 0.25) is 0 Å². The number of nitrogens with one attached hydrogen (secondary N) is 1. The molecule has 0 aromatic heterocycles. The number of anilines is 2. The Morgan fingerprint density at radius 3 is 2.43 bits per heavy atom. The van der Waals surface area contributed by atoms with E-state index in [0.29, 0.717) is 22.0 Å². The molecule has 0 radical (unpaired) electrons. The Hall–Kier alpha value is -2.73. The first-order valence-electron chi connectivity index (χ1n) is 6.80. The van der Waals surface area contributed by atoms with Gasteiger partial charge in [-0.05, 0) is 19.1 Å². The monoisotopic (exact) mass is 333 g/mol. The third kappa shape index (κ3) is 3.92. The second-order valence-electron chi connectivity index (χ2n) is 4.82. The molecule has 0 bridgehead atoms. The highest BCUT2D eigenvalue weighted by Crippen LogP contribution is 2.36. The van der Waals surface area contributed by atoms with Gasteiger partial charge in [0.1, 0.15) is 0 Å². The standard InChI is InChI=1S/C16H16ClN3O3/c1-9(23-16(19)22)15(21)20-14-11(6-4-8-13(14)18)10-5-2-3-7-12(10)17/h2-9H,18H2,1H3,(H2,19,22)(H,20,21)/t9-/m0/s1. The van der Waals surface area contributed by atoms with Gasteiger partial charge in [0.15, 0.2) is 6.10 Å². The smallest absolute Gasteiger partial charge is 0.405 e. The van der Waals surface area contributed by atoms with Crippen LogP contribution in [0.3, 0.4) is 0 Å². The van der Waals surface area contributed by atoms with Crippen molar-refractivity contribution < 1.29 is 14.3 Å². The van der Waals surface area contributed by atoms with Crippen LogP contribution in [0, 0.1) is 0 Å². The number of halogens is 1. The van der Waals surface area contributed by atoms with Crippen LogP contribution in [0.25, 0.3) is 11.1 Å². The first kappa shape index (κ1) is 16.6. The van der Waals surface area contributed by atoms with Gasteiger partial charge in [-0.15, -0.1) is 0 Å². The third-order valence-electron chi connectivity index (χ3n) is 3.17. The number of nitrogen functional groups attached to an aromatic ring is 1. The van der Waals surface area contributed by atoms with Crippen molar-refractivity contribution in [3.05, 3.63) is 47.5 Å². The number of hydrogen-bond acceptors (Lipinski definition) is 4. The summed E-state index contributed by atoms with van der Waals surface area (Å²) < 4.78 is 4.65. The Labute approximate surface area is 138 Å². The lowest BCUT2D eigenvalue weighted by Crippen LogP contribution is -2.32. The molecule has 0 aliphatic rings. The lowest BCUT2D eigenvalue weighted by molar-refractivity contribution is -0.123. The van der Waals surface area contributed by atoms with E-state index in [9.17, 15) is 9.59 Å². The van der Waals surface area contributed by atoms with Crippen LogP contribution in [-0.4, -0.2) is 18.1 Å². The molecule has 7 heteroatoms. The maximum Gasteiger partial charge on any atom is 0.405 e. The van der Waals surface area contributed by atoms with Gasteiger partial charge in [0.25, 0.3) is 5.91 Å². The van der Waals surface area contributed by atoms with Crippen molar-refractivity contribution in [3.8, 4) is 11.1 Å². The molecule has 2 aromatic rings. The van der Waals surface area contributed by atoms with Gasteiger partial charge in [-0.2, -0.15) is 0 Å². The summed E-state index contributed by atoms with van der Waals surface area (Å²) in [5.41, 5.74) is 13.0. The van der Waals surface area contributed by atoms with Crippen LogP contribution in [0.15, 0.2) is 42.5 Å². The van der Waals surface area contributed by atoms with E-state index in [1.54, 1.807) is 30.3 Å². The minimum atomic E-state index is -1.05. The Morgan fingerprint density at radius 1 is 1.13 bits per heavy atom. The van der Waals surface area contributed by atoms with E-state index in [1.165, 1.54) is 6.92 Å². The van der Waals surface area contributed by atoms with Crippen LogP contribution in [0.5, 0.6) is 0 Å². The molecular weight excluding hydrogens is 318 g/mol. The number of rotatable bonds is 4. The number of hydrogen-bond donors (Lipinski definition) is 3. The predicted octanol–water partition coefficient (Wildman–Crippen LogP) is 3.01. The highest BCUT2D eigenvalue weighted by molar-refractivity contribution is 6.33. The summed E-state index contributed by atoms with van der Waals surface area (Å²) in [6.07, 6.45) is -2.08. The topological polar surface area (TPSA) is 107 Å². The second-order valence-corrected chi connectivity index (χ2v) is 5.23. The summed E-state index contributed by atoms with van der Waals surface area (Å²) in [6, 6.07) is 12.4. The van der Waals surface area contributed by atoms with Crippen molar-refractivity contribution >= 4 is 35.0 Å². The van der Waals surface area contributed by atoms with Crippen LogP contribution >= 0.6 is 11.6 Å². The quantitative estimate of drug-likeness (QED) is 0.747. The van der Waals surface area contributed by atoms with Gasteiger partial charge in [-0.1, -0.05) is 41.9 Å². The highest BCUT2D eigenvalue weighted by Gasteiger charge is 2.19. The van der Waals surface area contributed by atoms with Gasteiger partial charge in [-0.3, -0.25) is 4.79 Å². The molecule has 0 fully saturated rings. The molecule has 0 aliphatic heterocycles.